The maximum absolute atomic E-state index is 12.3. The Bertz CT molecular complexity index is 795. The molecule has 0 fully saturated rings. The topological polar surface area (TPSA) is 34.9 Å². The quantitative estimate of drug-likeness (QED) is 0.717. The van der Waals surface area contributed by atoms with Crippen molar-refractivity contribution in [2.24, 2.45) is 0 Å². The zero-order valence-electron chi connectivity index (χ0n) is 10.1. The molecule has 0 bridgehead atoms. The fourth-order valence-electron chi connectivity index (χ4n) is 2.06. The molecule has 0 saturated carbocycles. The normalized spacial score (nSPS) is 10.8. The summed E-state index contributed by atoms with van der Waals surface area (Å²) < 4.78 is 1.64. The number of nitrogens with zero attached hydrogens (tertiary/aromatic N) is 2. The molecule has 0 saturated heterocycles. The van der Waals surface area contributed by atoms with Gasteiger partial charge in [0.15, 0.2) is 0 Å². The predicted octanol–water partition coefficient (Wildman–Crippen LogP) is 3.10. The van der Waals surface area contributed by atoms with Gasteiger partial charge >= 0.3 is 0 Å². The van der Waals surface area contributed by atoms with Crippen molar-refractivity contribution in [3.8, 4) is 0 Å². The van der Waals surface area contributed by atoms with Crippen molar-refractivity contribution in [3.05, 3.63) is 75.9 Å². The molecule has 0 unspecified atom stereocenters. The molecule has 0 aliphatic heterocycles. The van der Waals surface area contributed by atoms with E-state index in [1.165, 1.54) is 0 Å². The van der Waals surface area contributed by atoms with Crippen LogP contribution in [-0.4, -0.2) is 9.55 Å². The third kappa shape index (κ3) is 2.37. The average Bonchev–Trinajstić information content (AvgIpc) is 2.42. The molecule has 94 valence electrons. The molecule has 0 radical (unpaired) electrons. The Kier molecular flexibility index (Phi) is 3.05. The third-order valence-electron chi connectivity index (χ3n) is 3.00. The Balaban J connectivity index is 2.06. The Hall–Kier alpha value is -2.13. The van der Waals surface area contributed by atoms with Crippen LogP contribution in [-0.2, 0) is 6.54 Å². The van der Waals surface area contributed by atoms with Crippen LogP contribution < -0.4 is 5.56 Å². The van der Waals surface area contributed by atoms with Gasteiger partial charge < -0.3 is 4.57 Å². The molecule has 0 atom stereocenters. The number of benzene rings is 1. The van der Waals surface area contributed by atoms with Crippen molar-refractivity contribution < 1.29 is 0 Å². The van der Waals surface area contributed by atoms with Gasteiger partial charge in [0.2, 0.25) is 0 Å². The fraction of sp³-hybridized carbons (Fsp3) is 0.0667. The molecule has 2 heterocycles. The highest BCUT2D eigenvalue weighted by Gasteiger charge is 2.03. The van der Waals surface area contributed by atoms with Gasteiger partial charge in [-0.3, -0.25) is 9.78 Å². The van der Waals surface area contributed by atoms with Crippen molar-refractivity contribution in [1.29, 1.82) is 0 Å². The lowest BCUT2D eigenvalue weighted by Gasteiger charge is -2.07. The van der Waals surface area contributed by atoms with Gasteiger partial charge in [0.1, 0.15) is 0 Å². The van der Waals surface area contributed by atoms with E-state index in [4.69, 9.17) is 11.6 Å². The van der Waals surface area contributed by atoms with Crippen LogP contribution in [0.2, 0.25) is 5.02 Å². The standard InChI is InChI=1S/C15H11ClN2O/c16-12-5-7-17-13(9-12)10-18-8-6-11-3-1-2-4-14(11)15(18)19/h1-9H,10H2. The summed E-state index contributed by atoms with van der Waals surface area (Å²) in [7, 11) is 0. The summed E-state index contributed by atoms with van der Waals surface area (Å²) in [5, 5.41) is 2.29. The minimum Gasteiger partial charge on any atom is -0.309 e. The highest BCUT2D eigenvalue weighted by molar-refractivity contribution is 6.30. The molecule has 2 aromatic heterocycles. The van der Waals surface area contributed by atoms with Crippen LogP contribution in [0.4, 0.5) is 0 Å². The van der Waals surface area contributed by atoms with Gasteiger partial charge in [-0.15, -0.1) is 0 Å². The zero-order valence-corrected chi connectivity index (χ0v) is 10.8. The summed E-state index contributed by atoms with van der Waals surface area (Å²) in [5.41, 5.74) is 0.754. The number of rotatable bonds is 2. The summed E-state index contributed by atoms with van der Waals surface area (Å²) >= 11 is 5.92. The number of hydrogen-bond acceptors (Lipinski definition) is 2. The van der Waals surface area contributed by atoms with E-state index in [1.807, 2.05) is 30.3 Å². The van der Waals surface area contributed by atoms with Gasteiger partial charge in [0, 0.05) is 22.8 Å². The molecule has 0 aliphatic carbocycles. The molecule has 3 rings (SSSR count). The summed E-state index contributed by atoms with van der Waals surface area (Å²) in [5.74, 6) is 0. The van der Waals surface area contributed by atoms with Crippen LogP contribution in [0.3, 0.4) is 0 Å². The van der Waals surface area contributed by atoms with E-state index >= 15 is 0 Å². The molecule has 0 spiro atoms. The molecule has 3 aromatic rings. The van der Waals surface area contributed by atoms with Crippen molar-refractivity contribution in [2.75, 3.05) is 0 Å². The Morgan fingerprint density at radius 1 is 1.16 bits per heavy atom. The summed E-state index contributed by atoms with van der Waals surface area (Å²) in [6.07, 6.45) is 3.43. The second-order valence-corrected chi connectivity index (χ2v) is 4.74. The van der Waals surface area contributed by atoms with E-state index in [2.05, 4.69) is 4.98 Å². The molecule has 3 nitrogen and oxygen atoms in total. The van der Waals surface area contributed by atoms with E-state index in [0.717, 1.165) is 11.1 Å². The molecule has 0 N–H and O–H groups in total. The van der Waals surface area contributed by atoms with E-state index in [0.29, 0.717) is 17.0 Å². The largest absolute Gasteiger partial charge is 0.309 e. The molecule has 19 heavy (non-hydrogen) atoms. The van der Waals surface area contributed by atoms with Crippen LogP contribution in [0.25, 0.3) is 10.8 Å². The van der Waals surface area contributed by atoms with Crippen LogP contribution in [0, 0.1) is 0 Å². The average molecular weight is 271 g/mol. The number of fused-ring (bicyclic) bond motifs is 1. The molecular formula is C15H11ClN2O. The minimum absolute atomic E-state index is 0.0140. The molecular weight excluding hydrogens is 260 g/mol. The second kappa shape index (κ2) is 4.86. The van der Waals surface area contributed by atoms with Gasteiger partial charge in [-0.1, -0.05) is 29.8 Å². The number of aromatic nitrogens is 2. The minimum atomic E-state index is -0.0140. The molecule has 0 amide bonds. The Morgan fingerprint density at radius 3 is 2.84 bits per heavy atom. The second-order valence-electron chi connectivity index (χ2n) is 4.30. The van der Waals surface area contributed by atoms with Crippen molar-refractivity contribution in [3.63, 3.8) is 0 Å². The SMILES string of the molecule is O=c1c2ccccc2ccn1Cc1cc(Cl)ccn1. The molecule has 1 aromatic carbocycles. The molecule has 4 heteroatoms. The first-order valence-electron chi connectivity index (χ1n) is 5.93. The van der Waals surface area contributed by atoms with Gasteiger partial charge in [0.25, 0.3) is 5.56 Å². The van der Waals surface area contributed by atoms with E-state index in [-0.39, 0.29) is 5.56 Å². The van der Waals surface area contributed by atoms with Crippen molar-refractivity contribution >= 4 is 22.4 Å². The zero-order chi connectivity index (χ0) is 13.2. The Labute approximate surface area is 115 Å². The summed E-state index contributed by atoms with van der Waals surface area (Å²) in [6.45, 7) is 0.421. The van der Waals surface area contributed by atoms with Crippen LogP contribution in [0.1, 0.15) is 5.69 Å². The maximum atomic E-state index is 12.3. The summed E-state index contributed by atoms with van der Waals surface area (Å²) in [4.78, 5) is 16.5. The van der Waals surface area contributed by atoms with Gasteiger partial charge in [-0.2, -0.15) is 0 Å². The predicted molar refractivity (Wildman–Crippen MR) is 76.6 cm³/mol. The summed E-state index contributed by atoms with van der Waals surface area (Å²) in [6, 6.07) is 13.0. The molecule has 0 aliphatic rings. The number of halogens is 1. The van der Waals surface area contributed by atoms with E-state index in [9.17, 15) is 4.79 Å². The fourth-order valence-corrected chi connectivity index (χ4v) is 2.25. The number of hydrogen-bond donors (Lipinski definition) is 0. The maximum Gasteiger partial charge on any atom is 0.258 e. The van der Waals surface area contributed by atoms with Crippen molar-refractivity contribution in [1.82, 2.24) is 9.55 Å². The Morgan fingerprint density at radius 2 is 2.00 bits per heavy atom. The number of pyridine rings is 2. The lowest BCUT2D eigenvalue weighted by molar-refractivity contribution is 0.747. The first-order valence-corrected chi connectivity index (χ1v) is 6.30. The lowest BCUT2D eigenvalue weighted by atomic mass is 10.2. The third-order valence-corrected chi connectivity index (χ3v) is 3.23. The smallest absolute Gasteiger partial charge is 0.258 e. The highest BCUT2D eigenvalue weighted by atomic mass is 35.5. The van der Waals surface area contributed by atoms with Crippen LogP contribution in [0.15, 0.2) is 59.7 Å². The lowest BCUT2D eigenvalue weighted by Crippen LogP contribution is -2.20. The van der Waals surface area contributed by atoms with Crippen LogP contribution >= 0.6 is 11.6 Å². The first kappa shape index (κ1) is 11.9. The first-order chi connectivity index (χ1) is 9.24. The van der Waals surface area contributed by atoms with E-state index < -0.39 is 0 Å². The van der Waals surface area contributed by atoms with Crippen LogP contribution in [0.5, 0.6) is 0 Å². The van der Waals surface area contributed by atoms with Gasteiger partial charge in [0.05, 0.1) is 12.2 Å². The van der Waals surface area contributed by atoms with E-state index in [1.54, 1.807) is 29.1 Å². The van der Waals surface area contributed by atoms with Crippen molar-refractivity contribution in [2.45, 2.75) is 6.54 Å². The van der Waals surface area contributed by atoms with Gasteiger partial charge in [-0.05, 0) is 29.7 Å². The monoisotopic (exact) mass is 270 g/mol. The highest BCUT2D eigenvalue weighted by Crippen LogP contribution is 2.11. The van der Waals surface area contributed by atoms with Gasteiger partial charge in [-0.25, -0.2) is 0 Å².